The van der Waals surface area contributed by atoms with E-state index in [0.29, 0.717) is 15.7 Å². The zero-order valence-corrected chi connectivity index (χ0v) is 8.88. The van der Waals surface area contributed by atoms with Gasteiger partial charge in [0.1, 0.15) is 0 Å². The van der Waals surface area contributed by atoms with Crippen LogP contribution in [0.4, 0.5) is 5.69 Å². The first-order valence-corrected chi connectivity index (χ1v) is 4.64. The topological polar surface area (TPSA) is 73.1 Å². The van der Waals surface area contributed by atoms with Gasteiger partial charge in [-0.15, -0.1) is 0 Å². The van der Waals surface area contributed by atoms with Gasteiger partial charge in [-0.1, -0.05) is 23.2 Å². The van der Waals surface area contributed by atoms with E-state index in [1.54, 1.807) is 12.1 Å². The number of carboxylic acids is 1. The molecule has 0 radical (unpaired) electrons. The lowest BCUT2D eigenvalue weighted by atomic mass is 10.2. The van der Waals surface area contributed by atoms with Gasteiger partial charge in [0.15, 0.2) is 0 Å². The number of rotatable bonds is 3. The predicted octanol–water partition coefficient (Wildman–Crippen LogP) is 2.38. The summed E-state index contributed by atoms with van der Waals surface area (Å²) in [4.78, 5) is 10.5. The maximum atomic E-state index is 10.5. The average molecular weight is 245 g/mol. The Labute approximate surface area is 96.0 Å². The summed E-state index contributed by atoms with van der Waals surface area (Å²) < 4.78 is 0. The molecular formula is C9H6Cl2N2O2. The van der Waals surface area contributed by atoms with Crippen LogP contribution in [0.5, 0.6) is 0 Å². The summed E-state index contributed by atoms with van der Waals surface area (Å²) in [5.74, 6) is -1.25. The van der Waals surface area contributed by atoms with Crippen molar-refractivity contribution < 1.29 is 9.90 Å². The van der Waals surface area contributed by atoms with E-state index in [2.05, 4.69) is 5.32 Å². The van der Waals surface area contributed by atoms with Gasteiger partial charge in [0, 0.05) is 5.69 Å². The van der Waals surface area contributed by atoms with E-state index in [9.17, 15) is 4.79 Å². The lowest BCUT2D eigenvalue weighted by Gasteiger charge is -2.08. The minimum Gasteiger partial charge on any atom is -0.479 e. The smallest absolute Gasteiger partial charge is 0.341 e. The molecular weight excluding hydrogens is 239 g/mol. The second-order valence-corrected chi connectivity index (χ2v) is 3.49. The zero-order chi connectivity index (χ0) is 11.4. The number of nitriles is 1. The fourth-order valence-electron chi connectivity index (χ4n) is 0.902. The molecule has 0 aliphatic rings. The van der Waals surface area contributed by atoms with Gasteiger partial charge in [-0.05, 0) is 18.2 Å². The van der Waals surface area contributed by atoms with Crippen LogP contribution in [0.25, 0.3) is 0 Å². The molecule has 0 heterocycles. The summed E-state index contributed by atoms with van der Waals surface area (Å²) in [6.45, 7) is 0. The molecule has 0 bridgehead atoms. The van der Waals surface area contributed by atoms with Gasteiger partial charge in [-0.3, -0.25) is 0 Å². The second-order valence-electron chi connectivity index (χ2n) is 2.67. The van der Waals surface area contributed by atoms with Crippen molar-refractivity contribution in [3.63, 3.8) is 0 Å². The number of anilines is 1. The molecule has 0 fully saturated rings. The lowest BCUT2D eigenvalue weighted by molar-refractivity contribution is -0.136. The molecule has 1 aromatic rings. The molecule has 2 N–H and O–H groups in total. The summed E-state index contributed by atoms with van der Waals surface area (Å²) in [6.07, 6.45) is 0. The number of nitrogens with zero attached hydrogens (tertiary/aromatic N) is 1. The van der Waals surface area contributed by atoms with Crippen LogP contribution in [0.1, 0.15) is 0 Å². The first-order chi connectivity index (χ1) is 7.04. The quantitative estimate of drug-likeness (QED) is 0.857. The predicted molar refractivity (Wildman–Crippen MR) is 57.1 cm³/mol. The van der Waals surface area contributed by atoms with Crippen molar-refractivity contribution in [2.45, 2.75) is 6.04 Å². The Bertz CT molecular complexity index is 429. The Balaban J connectivity index is 2.86. The van der Waals surface area contributed by atoms with Gasteiger partial charge in [0.05, 0.1) is 16.1 Å². The first kappa shape index (κ1) is 11.6. The SMILES string of the molecule is N#CC(Nc1ccc(Cl)c(Cl)c1)C(=O)O. The summed E-state index contributed by atoms with van der Waals surface area (Å²) in [5.41, 5.74) is 0.429. The molecule has 1 atom stereocenters. The third-order valence-electron chi connectivity index (χ3n) is 1.61. The van der Waals surface area contributed by atoms with Gasteiger partial charge in [-0.2, -0.15) is 5.26 Å². The maximum Gasteiger partial charge on any atom is 0.341 e. The molecule has 0 saturated heterocycles. The van der Waals surface area contributed by atoms with Crippen LogP contribution in [-0.2, 0) is 4.79 Å². The van der Waals surface area contributed by atoms with Crippen LogP contribution in [0, 0.1) is 11.3 Å². The van der Waals surface area contributed by atoms with Crippen molar-refractivity contribution in [2.24, 2.45) is 0 Å². The third kappa shape index (κ3) is 3.01. The second kappa shape index (κ2) is 4.87. The van der Waals surface area contributed by atoms with E-state index >= 15 is 0 Å². The molecule has 0 saturated carbocycles. The normalized spacial score (nSPS) is 11.5. The number of carbonyl (C=O) groups is 1. The molecule has 0 amide bonds. The number of benzene rings is 1. The Morgan fingerprint density at radius 1 is 1.47 bits per heavy atom. The van der Waals surface area contributed by atoms with Crippen LogP contribution < -0.4 is 5.32 Å². The van der Waals surface area contributed by atoms with Crippen molar-refractivity contribution >= 4 is 34.9 Å². The van der Waals surface area contributed by atoms with Crippen LogP contribution in [-0.4, -0.2) is 17.1 Å². The van der Waals surface area contributed by atoms with E-state index < -0.39 is 12.0 Å². The van der Waals surface area contributed by atoms with Crippen molar-refractivity contribution in [2.75, 3.05) is 5.32 Å². The molecule has 4 nitrogen and oxygen atoms in total. The first-order valence-electron chi connectivity index (χ1n) is 3.88. The van der Waals surface area contributed by atoms with Gasteiger partial charge < -0.3 is 10.4 Å². The minimum absolute atomic E-state index is 0.295. The number of aliphatic carboxylic acids is 1. The molecule has 78 valence electrons. The van der Waals surface area contributed by atoms with Gasteiger partial charge in [0.2, 0.25) is 6.04 Å². The highest BCUT2D eigenvalue weighted by molar-refractivity contribution is 6.42. The van der Waals surface area contributed by atoms with E-state index in [1.165, 1.54) is 12.1 Å². The number of carboxylic acid groups (broad SMARTS) is 1. The summed E-state index contributed by atoms with van der Waals surface area (Å²) >= 11 is 11.4. The fourth-order valence-corrected chi connectivity index (χ4v) is 1.20. The van der Waals surface area contributed by atoms with E-state index in [0.717, 1.165) is 0 Å². The highest BCUT2D eigenvalue weighted by Gasteiger charge is 2.15. The Hall–Kier alpha value is -1.44. The lowest BCUT2D eigenvalue weighted by Crippen LogP contribution is -2.27. The van der Waals surface area contributed by atoms with Gasteiger partial charge in [-0.25, -0.2) is 4.79 Å². The summed E-state index contributed by atoms with van der Waals surface area (Å²) in [6, 6.07) is 4.81. The summed E-state index contributed by atoms with van der Waals surface area (Å²) in [7, 11) is 0. The molecule has 1 rings (SSSR count). The Kier molecular flexibility index (Phi) is 3.78. The molecule has 6 heteroatoms. The fraction of sp³-hybridized carbons (Fsp3) is 0.111. The molecule has 0 spiro atoms. The van der Waals surface area contributed by atoms with Crippen molar-refractivity contribution in [1.29, 1.82) is 5.26 Å². The molecule has 1 aromatic carbocycles. The standard InChI is InChI=1S/C9H6Cl2N2O2/c10-6-2-1-5(3-7(6)11)13-8(4-12)9(14)15/h1-3,8,13H,(H,14,15). The van der Waals surface area contributed by atoms with Crippen LogP contribution in [0.15, 0.2) is 18.2 Å². The monoisotopic (exact) mass is 244 g/mol. The highest BCUT2D eigenvalue weighted by atomic mass is 35.5. The molecule has 0 aromatic heterocycles. The zero-order valence-electron chi connectivity index (χ0n) is 7.37. The number of hydrogen-bond donors (Lipinski definition) is 2. The van der Waals surface area contributed by atoms with Crippen LogP contribution in [0.2, 0.25) is 10.0 Å². The van der Waals surface area contributed by atoms with Crippen molar-refractivity contribution in [3.8, 4) is 6.07 Å². The van der Waals surface area contributed by atoms with Crippen molar-refractivity contribution in [3.05, 3.63) is 28.2 Å². The molecule has 15 heavy (non-hydrogen) atoms. The Morgan fingerprint density at radius 3 is 2.60 bits per heavy atom. The van der Waals surface area contributed by atoms with E-state index in [-0.39, 0.29) is 0 Å². The van der Waals surface area contributed by atoms with Crippen LogP contribution >= 0.6 is 23.2 Å². The molecule has 0 aliphatic heterocycles. The number of nitrogens with one attached hydrogen (secondary N) is 1. The molecule has 0 aliphatic carbocycles. The summed E-state index contributed by atoms with van der Waals surface area (Å²) in [5, 5.41) is 20.3. The van der Waals surface area contributed by atoms with Gasteiger partial charge in [0.25, 0.3) is 0 Å². The number of halogens is 2. The van der Waals surface area contributed by atoms with E-state index in [1.807, 2.05) is 0 Å². The Morgan fingerprint density at radius 2 is 2.13 bits per heavy atom. The third-order valence-corrected chi connectivity index (χ3v) is 2.35. The minimum atomic E-state index is -1.30. The number of hydrogen-bond acceptors (Lipinski definition) is 3. The van der Waals surface area contributed by atoms with Crippen LogP contribution in [0.3, 0.4) is 0 Å². The maximum absolute atomic E-state index is 10.5. The van der Waals surface area contributed by atoms with Crippen molar-refractivity contribution in [1.82, 2.24) is 0 Å². The average Bonchev–Trinajstić information content (AvgIpc) is 2.19. The van der Waals surface area contributed by atoms with Gasteiger partial charge >= 0.3 is 5.97 Å². The van der Waals surface area contributed by atoms with E-state index in [4.69, 9.17) is 33.6 Å². The highest BCUT2D eigenvalue weighted by Crippen LogP contribution is 2.25. The largest absolute Gasteiger partial charge is 0.479 e. The molecule has 1 unspecified atom stereocenters.